The molecule has 0 bridgehead atoms. The molecule has 2 aromatic carbocycles. The summed E-state index contributed by atoms with van der Waals surface area (Å²) in [5.74, 6) is 0.900. The van der Waals surface area contributed by atoms with Crippen LogP contribution in [-0.2, 0) is 0 Å². The number of benzene rings is 2. The van der Waals surface area contributed by atoms with Crippen molar-refractivity contribution in [1.82, 2.24) is 9.97 Å². The summed E-state index contributed by atoms with van der Waals surface area (Å²) in [6, 6.07) is 20.9. The highest BCUT2D eigenvalue weighted by molar-refractivity contribution is 6.59. The van der Waals surface area contributed by atoms with E-state index < -0.39 is 7.12 Å². The standard InChI is InChI=1S/C10H10BNO3.C10H9NO/c1-15-10-8(11(13)14)6-7-4-2-3-5-9(7)12-10;1-12-10-7-6-8-4-2-3-5-9(8)11-10/h2-6,13-14H,1H3;2-7H,1H3. The smallest absolute Gasteiger partial charge is 0.481 e. The van der Waals surface area contributed by atoms with Crippen LogP contribution in [-0.4, -0.2) is 41.4 Å². The molecule has 136 valence electrons. The van der Waals surface area contributed by atoms with Gasteiger partial charge in [-0.1, -0.05) is 36.4 Å². The van der Waals surface area contributed by atoms with E-state index in [0.717, 1.165) is 21.8 Å². The molecular weight excluding hydrogens is 343 g/mol. The normalized spacial score (nSPS) is 10.2. The minimum atomic E-state index is -1.57. The maximum Gasteiger partial charge on any atom is 0.494 e. The third-order valence-corrected chi connectivity index (χ3v) is 3.97. The molecule has 2 N–H and O–H groups in total. The van der Waals surface area contributed by atoms with Crippen molar-refractivity contribution in [3.05, 3.63) is 66.7 Å². The molecule has 7 heteroatoms. The molecule has 2 heterocycles. The Kier molecular flexibility index (Phi) is 5.85. The summed E-state index contributed by atoms with van der Waals surface area (Å²) in [5.41, 5.74) is 2.01. The lowest BCUT2D eigenvalue weighted by Crippen LogP contribution is -2.31. The number of ether oxygens (including phenoxy) is 2. The molecule has 0 saturated heterocycles. The highest BCUT2D eigenvalue weighted by Gasteiger charge is 2.18. The van der Waals surface area contributed by atoms with Gasteiger partial charge in [0.05, 0.1) is 25.3 Å². The molecule has 0 amide bonds. The van der Waals surface area contributed by atoms with E-state index >= 15 is 0 Å². The molecular formula is C20H19BN2O4. The lowest BCUT2D eigenvalue weighted by Gasteiger charge is -2.07. The fourth-order valence-electron chi connectivity index (χ4n) is 2.62. The molecule has 0 saturated carbocycles. The number of pyridine rings is 2. The quantitative estimate of drug-likeness (QED) is 0.544. The number of para-hydroxylation sites is 2. The van der Waals surface area contributed by atoms with Crippen LogP contribution in [0.15, 0.2) is 66.7 Å². The Morgan fingerprint density at radius 3 is 2.00 bits per heavy atom. The van der Waals surface area contributed by atoms with Crippen LogP contribution in [0, 0.1) is 0 Å². The molecule has 2 aromatic heterocycles. The van der Waals surface area contributed by atoms with Gasteiger partial charge in [0, 0.05) is 22.3 Å². The first-order valence-corrected chi connectivity index (χ1v) is 8.32. The van der Waals surface area contributed by atoms with Crippen LogP contribution in [0.2, 0.25) is 0 Å². The van der Waals surface area contributed by atoms with Gasteiger partial charge >= 0.3 is 7.12 Å². The zero-order valence-electron chi connectivity index (χ0n) is 15.0. The Hall–Kier alpha value is -3.16. The van der Waals surface area contributed by atoms with Gasteiger partial charge in [0.15, 0.2) is 0 Å². The minimum Gasteiger partial charge on any atom is -0.481 e. The van der Waals surface area contributed by atoms with Gasteiger partial charge in [-0.25, -0.2) is 9.97 Å². The Bertz CT molecular complexity index is 1060. The number of fused-ring (bicyclic) bond motifs is 2. The van der Waals surface area contributed by atoms with E-state index in [2.05, 4.69) is 9.97 Å². The molecule has 27 heavy (non-hydrogen) atoms. The summed E-state index contributed by atoms with van der Waals surface area (Å²) >= 11 is 0. The largest absolute Gasteiger partial charge is 0.494 e. The second-order valence-electron chi connectivity index (χ2n) is 5.70. The van der Waals surface area contributed by atoms with Crippen molar-refractivity contribution >= 4 is 34.4 Å². The fourth-order valence-corrected chi connectivity index (χ4v) is 2.62. The molecule has 4 aromatic rings. The number of methoxy groups -OCH3 is 2. The zero-order chi connectivity index (χ0) is 19.2. The second-order valence-corrected chi connectivity index (χ2v) is 5.70. The number of hydrogen-bond acceptors (Lipinski definition) is 6. The van der Waals surface area contributed by atoms with E-state index in [-0.39, 0.29) is 11.3 Å². The van der Waals surface area contributed by atoms with Gasteiger partial charge in [0.1, 0.15) is 0 Å². The molecule has 0 aliphatic carbocycles. The van der Waals surface area contributed by atoms with E-state index in [0.29, 0.717) is 5.88 Å². The van der Waals surface area contributed by atoms with Gasteiger partial charge in [0.2, 0.25) is 11.8 Å². The molecule has 0 aliphatic rings. The van der Waals surface area contributed by atoms with Gasteiger partial charge in [0.25, 0.3) is 0 Å². The summed E-state index contributed by atoms with van der Waals surface area (Å²) in [7, 11) is 1.50. The lowest BCUT2D eigenvalue weighted by molar-refractivity contribution is 0.392. The molecule has 6 nitrogen and oxygen atoms in total. The van der Waals surface area contributed by atoms with E-state index in [1.54, 1.807) is 13.2 Å². The van der Waals surface area contributed by atoms with Crippen molar-refractivity contribution < 1.29 is 19.5 Å². The molecule has 0 spiro atoms. The van der Waals surface area contributed by atoms with Crippen molar-refractivity contribution in [2.75, 3.05) is 14.2 Å². The number of hydrogen-bond donors (Lipinski definition) is 2. The topological polar surface area (TPSA) is 84.7 Å². The van der Waals surface area contributed by atoms with Crippen LogP contribution >= 0.6 is 0 Å². The van der Waals surface area contributed by atoms with Gasteiger partial charge in [-0.2, -0.15) is 0 Å². The Morgan fingerprint density at radius 1 is 0.741 bits per heavy atom. The van der Waals surface area contributed by atoms with Crippen molar-refractivity contribution in [3.8, 4) is 11.8 Å². The molecule has 0 unspecified atom stereocenters. The molecule has 0 aliphatic heterocycles. The zero-order valence-corrected chi connectivity index (χ0v) is 15.0. The third-order valence-electron chi connectivity index (χ3n) is 3.97. The molecule has 0 atom stereocenters. The van der Waals surface area contributed by atoms with Crippen LogP contribution < -0.4 is 14.9 Å². The number of rotatable bonds is 3. The van der Waals surface area contributed by atoms with Crippen LogP contribution in [0.1, 0.15) is 0 Å². The predicted molar refractivity (Wildman–Crippen MR) is 106 cm³/mol. The first-order chi connectivity index (χ1) is 13.1. The second kappa shape index (κ2) is 8.48. The van der Waals surface area contributed by atoms with E-state index in [1.807, 2.05) is 60.7 Å². The fraction of sp³-hybridized carbons (Fsp3) is 0.100. The third kappa shape index (κ3) is 4.34. The first kappa shape index (κ1) is 18.6. The van der Waals surface area contributed by atoms with E-state index in [9.17, 15) is 0 Å². The average Bonchev–Trinajstić information content (AvgIpc) is 2.72. The minimum absolute atomic E-state index is 0.240. The highest BCUT2D eigenvalue weighted by Crippen LogP contribution is 2.15. The molecule has 0 radical (unpaired) electrons. The first-order valence-electron chi connectivity index (χ1n) is 8.32. The Morgan fingerprint density at radius 2 is 1.37 bits per heavy atom. The molecule has 0 fully saturated rings. The van der Waals surface area contributed by atoms with Gasteiger partial charge in [-0.15, -0.1) is 0 Å². The number of nitrogens with zero attached hydrogens (tertiary/aromatic N) is 2. The Labute approximate surface area is 157 Å². The van der Waals surface area contributed by atoms with Gasteiger partial charge in [-0.3, -0.25) is 0 Å². The highest BCUT2D eigenvalue weighted by atomic mass is 16.5. The SMILES string of the molecule is COc1ccc2ccccc2n1.COc1nc2ccccc2cc1B(O)O. The Balaban J connectivity index is 0.000000159. The predicted octanol–water partition coefficient (Wildman–Crippen LogP) is 2.17. The maximum atomic E-state index is 9.13. The van der Waals surface area contributed by atoms with Crippen LogP contribution in [0.25, 0.3) is 21.8 Å². The monoisotopic (exact) mass is 362 g/mol. The van der Waals surface area contributed by atoms with Crippen LogP contribution in [0.5, 0.6) is 11.8 Å². The van der Waals surface area contributed by atoms with Gasteiger partial charge < -0.3 is 19.5 Å². The van der Waals surface area contributed by atoms with Crippen LogP contribution in [0.3, 0.4) is 0 Å². The maximum absolute atomic E-state index is 9.13. The summed E-state index contributed by atoms with van der Waals surface area (Å²) < 4.78 is 9.99. The van der Waals surface area contributed by atoms with Crippen molar-refractivity contribution in [2.24, 2.45) is 0 Å². The lowest BCUT2D eigenvalue weighted by atomic mass is 9.80. The van der Waals surface area contributed by atoms with Crippen molar-refractivity contribution in [2.45, 2.75) is 0 Å². The van der Waals surface area contributed by atoms with E-state index in [4.69, 9.17) is 19.5 Å². The van der Waals surface area contributed by atoms with Crippen molar-refractivity contribution in [3.63, 3.8) is 0 Å². The summed E-state index contributed by atoms with van der Waals surface area (Å²) in [4.78, 5) is 8.44. The molecule has 4 rings (SSSR count). The van der Waals surface area contributed by atoms with Crippen LogP contribution in [0.4, 0.5) is 0 Å². The average molecular weight is 362 g/mol. The van der Waals surface area contributed by atoms with Crippen molar-refractivity contribution in [1.29, 1.82) is 0 Å². The summed E-state index contributed by atoms with van der Waals surface area (Å²) in [6.45, 7) is 0. The summed E-state index contributed by atoms with van der Waals surface area (Å²) in [5, 5.41) is 20.2. The van der Waals surface area contributed by atoms with Gasteiger partial charge in [-0.05, 0) is 24.3 Å². The van der Waals surface area contributed by atoms with E-state index in [1.165, 1.54) is 7.11 Å². The number of aromatic nitrogens is 2. The summed E-state index contributed by atoms with van der Waals surface area (Å²) in [6.07, 6.45) is 0.